The molecule has 0 bridgehead atoms. The molecule has 0 aliphatic carbocycles. The molecule has 0 atom stereocenters. The van der Waals surface area contributed by atoms with E-state index in [9.17, 15) is 31.1 Å². The van der Waals surface area contributed by atoms with Crippen LogP contribution in [0.15, 0.2) is 42.6 Å². The van der Waals surface area contributed by atoms with Crippen molar-refractivity contribution in [1.82, 2.24) is 4.98 Å². The van der Waals surface area contributed by atoms with Crippen LogP contribution in [0.3, 0.4) is 0 Å². The van der Waals surface area contributed by atoms with E-state index in [0.29, 0.717) is 12.1 Å². The maximum atomic E-state index is 12.7. The first kappa shape index (κ1) is 18.6. The molecule has 0 aliphatic rings. The molecule has 0 unspecified atom stereocenters. The number of rotatable bonds is 4. The third-order valence-electron chi connectivity index (χ3n) is 3.11. The second-order valence-electron chi connectivity index (χ2n) is 4.94. The van der Waals surface area contributed by atoms with Crippen LogP contribution in [0.4, 0.5) is 26.3 Å². The maximum Gasteiger partial charge on any atom is 0.404 e. The number of amides is 1. The number of benzene rings is 1. The smallest absolute Gasteiger partial charge is 0.404 e. The summed E-state index contributed by atoms with van der Waals surface area (Å²) < 4.78 is 81.1. The predicted octanol–water partition coefficient (Wildman–Crippen LogP) is 4.18. The number of alkyl halides is 6. The number of halogens is 6. The van der Waals surface area contributed by atoms with Crippen LogP contribution in [0.1, 0.15) is 21.8 Å². The molecular weight excluding hydrogens is 354 g/mol. The van der Waals surface area contributed by atoms with E-state index in [0.717, 1.165) is 18.3 Å². The van der Waals surface area contributed by atoms with Crippen LogP contribution in [-0.4, -0.2) is 23.2 Å². The number of pyridine rings is 1. The van der Waals surface area contributed by atoms with Crippen molar-refractivity contribution in [2.45, 2.75) is 18.3 Å². The molecule has 0 radical (unpaired) electrons. The zero-order chi connectivity index (χ0) is 18.8. The van der Waals surface area contributed by atoms with Gasteiger partial charge in [-0.15, -0.1) is 0 Å². The minimum atomic E-state index is -5.47. The minimum absolute atomic E-state index is 0.0130. The lowest BCUT2D eigenvalue weighted by Gasteiger charge is -2.23. The summed E-state index contributed by atoms with van der Waals surface area (Å²) in [7, 11) is 0. The summed E-state index contributed by atoms with van der Waals surface area (Å²) in [6.45, 7) is 0. The molecule has 2 aromatic rings. The monoisotopic (exact) mass is 364 g/mol. The van der Waals surface area contributed by atoms with E-state index >= 15 is 0 Å². The fraction of sp³-hybridized carbons (Fsp3) is 0.200. The summed E-state index contributed by atoms with van der Waals surface area (Å²) in [6, 6.07) is 5.87. The Bertz CT molecular complexity index is 725. The third kappa shape index (κ3) is 4.61. The zero-order valence-corrected chi connectivity index (χ0v) is 12.2. The first-order valence-electron chi connectivity index (χ1n) is 6.65. The van der Waals surface area contributed by atoms with E-state index < -0.39 is 29.7 Å². The Kier molecular flexibility index (Phi) is 4.91. The van der Waals surface area contributed by atoms with Crippen LogP contribution in [-0.2, 0) is 0 Å². The summed E-state index contributed by atoms with van der Waals surface area (Å²) in [5, 5.41) is 0. The first-order chi connectivity index (χ1) is 11.5. The molecule has 0 spiro atoms. The molecule has 0 saturated carbocycles. The van der Waals surface area contributed by atoms with Gasteiger partial charge in [0.2, 0.25) is 11.8 Å². The molecule has 1 amide bonds. The molecule has 4 nitrogen and oxygen atoms in total. The van der Waals surface area contributed by atoms with E-state index in [1.807, 2.05) is 0 Å². The van der Waals surface area contributed by atoms with E-state index in [-0.39, 0.29) is 17.2 Å². The Morgan fingerprint density at radius 1 is 0.960 bits per heavy atom. The largest absolute Gasteiger partial charge is 0.439 e. The second-order valence-corrected chi connectivity index (χ2v) is 4.94. The highest BCUT2D eigenvalue weighted by Gasteiger charge is 2.57. The molecule has 1 heterocycles. The van der Waals surface area contributed by atoms with Crippen LogP contribution in [0.5, 0.6) is 11.6 Å². The highest BCUT2D eigenvalue weighted by Crippen LogP contribution is 2.46. The lowest BCUT2D eigenvalue weighted by molar-refractivity contribution is -0.253. The number of hydrogen-bond acceptors (Lipinski definition) is 3. The van der Waals surface area contributed by atoms with Crippen molar-refractivity contribution in [2.24, 2.45) is 5.73 Å². The molecule has 1 aromatic heterocycles. The van der Waals surface area contributed by atoms with Gasteiger partial charge in [0.1, 0.15) is 5.75 Å². The SMILES string of the molecule is NC(=O)c1ccc(Oc2ccc(C(C(F)(F)F)C(F)(F)F)cc2)nc1. The highest BCUT2D eigenvalue weighted by molar-refractivity contribution is 5.92. The van der Waals surface area contributed by atoms with Crippen LogP contribution >= 0.6 is 0 Å². The van der Waals surface area contributed by atoms with Crippen molar-refractivity contribution >= 4 is 5.91 Å². The molecule has 1 aromatic carbocycles. The van der Waals surface area contributed by atoms with Gasteiger partial charge in [0.15, 0.2) is 5.92 Å². The van der Waals surface area contributed by atoms with Crippen molar-refractivity contribution in [3.63, 3.8) is 0 Å². The number of primary amides is 1. The summed E-state index contributed by atoms with van der Waals surface area (Å²) >= 11 is 0. The molecule has 0 aliphatic heterocycles. The third-order valence-corrected chi connectivity index (χ3v) is 3.11. The molecule has 134 valence electrons. The van der Waals surface area contributed by atoms with E-state index in [2.05, 4.69) is 4.98 Å². The number of nitrogens with zero attached hydrogens (tertiary/aromatic N) is 1. The highest BCUT2D eigenvalue weighted by atomic mass is 19.4. The van der Waals surface area contributed by atoms with E-state index in [1.54, 1.807) is 0 Å². The van der Waals surface area contributed by atoms with Crippen LogP contribution in [0.2, 0.25) is 0 Å². The van der Waals surface area contributed by atoms with Gasteiger partial charge in [0.25, 0.3) is 0 Å². The number of ether oxygens (including phenoxy) is 1. The summed E-state index contributed by atoms with van der Waals surface area (Å²) in [5.74, 6) is -4.33. The topological polar surface area (TPSA) is 65.2 Å². The Balaban J connectivity index is 2.20. The van der Waals surface area contributed by atoms with Crippen molar-refractivity contribution in [3.8, 4) is 11.6 Å². The molecular formula is C15H10F6N2O2. The van der Waals surface area contributed by atoms with Crippen molar-refractivity contribution in [1.29, 1.82) is 0 Å². The van der Waals surface area contributed by atoms with Gasteiger partial charge >= 0.3 is 12.4 Å². The summed E-state index contributed by atoms with van der Waals surface area (Å²) in [4.78, 5) is 14.6. The zero-order valence-electron chi connectivity index (χ0n) is 12.2. The van der Waals surface area contributed by atoms with Gasteiger partial charge in [-0.25, -0.2) is 4.98 Å². The minimum Gasteiger partial charge on any atom is -0.439 e. The molecule has 0 saturated heterocycles. The van der Waals surface area contributed by atoms with Crippen LogP contribution < -0.4 is 10.5 Å². The first-order valence-corrected chi connectivity index (χ1v) is 6.65. The van der Waals surface area contributed by atoms with Gasteiger partial charge in [-0.3, -0.25) is 4.79 Å². The molecule has 10 heteroatoms. The Morgan fingerprint density at radius 2 is 1.52 bits per heavy atom. The fourth-order valence-corrected chi connectivity index (χ4v) is 2.00. The number of carbonyl (C=O) groups excluding carboxylic acids is 1. The average Bonchev–Trinajstić information content (AvgIpc) is 2.47. The van der Waals surface area contributed by atoms with E-state index in [1.165, 1.54) is 12.1 Å². The van der Waals surface area contributed by atoms with Gasteiger partial charge in [-0.2, -0.15) is 26.3 Å². The standard InChI is InChI=1S/C15H10F6N2O2/c16-14(17,18)12(15(19,20)21)8-1-4-10(5-2-8)25-11-6-3-9(7-23-11)13(22)24/h1-7,12H,(H2,22,24). The van der Waals surface area contributed by atoms with Gasteiger partial charge in [-0.1, -0.05) is 12.1 Å². The molecule has 2 rings (SSSR count). The lowest BCUT2D eigenvalue weighted by atomic mass is 9.98. The number of nitrogens with two attached hydrogens (primary N) is 1. The van der Waals surface area contributed by atoms with Gasteiger partial charge in [0.05, 0.1) is 5.56 Å². The summed E-state index contributed by atoms with van der Waals surface area (Å²) in [5.41, 5.74) is 4.19. The molecule has 0 fully saturated rings. The average molecular weight is 364 g/mol. The van der Waals surface area contributed by atoms with Crippen LogP contribution in [0.25, 0.3) is 0 Å². The molecule has 2 N–H and O–H groups in total. The van der Waals surface area contributed by atoms with Crippen LogP contribution in [0, 0.1) is 0 Å². The Morgan fingerprint density at radius 3 is 1.92 bits per heavy atom. The van der Waals surface area contributed by atoms with Gasteiger partial charge in [-0.05, 0) is 23.8 Å². The molecule has 25 heavy (non-hydrogen) atoms. The second kappa shape index (κ2) is 6.61. The number of carbonyl (C=O) groups is 1. The maximum absolute atomic E-state index is 12.7. The normalized spacial score (nSPS) is 12.3. The number of aromatic nitrogens is 1. The Labute approximate surface area is 137 Å². The number of hydrogen-bond donors (Lipinski definition) is 1. The predicted molar refractivity (Wildman–Crippen MR) is 74.1 cm³/mol. The van der Waals surface area contributed by atoms with Crippen molar-refractivity contribution in [3.05, 3.63) is 53.7 Å². The lowest BCUT2D eigenvalue weighted by Crippen LogP contribution is -2.34. The van der Waals surface area contributed by atoms with Crippen molar-refractivity contribution < 1.29 is 35.9 Å². The van der Waals surface area contributed by atoms with Gasteiger partial charge < -0.3 is 10.5 Å². The summed E-state index contributed by atoms with van der Waals surface area (Å²) in [6.07, 6.45) is -9.81. The quantitative estimate of drug-likeness (QED) is 0.828. The van der Waals surface area contributed by atoms with E-state index in [4.69, 9.17) is 10.5 Å². The fourth-order valence-electron chi connectivity index (χ4n) is 2.00. The van der Waals surface area contributed by atoms with Gasteiger partial charge in [0, 0.05) is 12.3 Å². The van der Waals surface area contributed by atoms with Crippen molar-refractivity contribution in [2.75, 3.05) is 0 Å². The Hall–Kier alpha value is -2.78.